The molecule has 94 valence electrons. The number of aromatic hydroxyl groups is 1. The van der Waals surface area contributed by atoms with Crippen LogP contribution in [0.4, 0.5) is 0 Å². The number of benzene rings is 1. The molecule has 1 amide bonds. The van der Waals surface area contributed by atoms with Crippen LogP contribution in [0.1, 0.15) is 25.8 Å². The second-order valence-corrected chi connectivity index (χ2v) is 4.41. The van der Waals surface area contributed by atoms with E-state index in [1.165, 1.54) is 0 Å². The lowest BCUT2D eigenvalue weighted by atomic mass is 10.1. The molecule has 0 spiro atoms. The van der Waals surface area contributed by atoms with Crippen LogP contribution in [0.5, 0.6) is 5.75 Å². The molecule has 17 heavy (non-hydrogen) atoms. The lowest BCUT2D eigenvalue weighted by molar-refractivity contribution is -0.118. The first kappa shape index (κ1) is 13.5. The van der Waals surface area contributed by atoms with Crippen molar-refractivity contribution in [2.45, 2.75) is 32.9 Å². The van der Waals surface area contributed by atoms with Crippen molar-refractivity contribution in [2.24, 2.45) is 5.73 Å². The number of para-hydroxylation sites is 1. The van der Waals surface area contributed by atoms with Gasteiger partial charge in [-0.2, -0.15) is 0 Å². The Bertz CT molecular complexity index is 377. The van der Waals surface area contributed by atoms with Gasteiger partial charge in [-0.25, -0.2) is 0 Å². The maximum Gasteiger partial charge on any atom is 0.218 e. The monoisotopic (exact) mass is 236 g/mol. The van der Waals surface area contributed by atoms with Crippen molar-refractivity contribution in [1.29, 1.82) is 0 Å². The summed E-state index contributed by atoms with van der Waals surface area (Å²) >= 11 is 0. The molecular formula is C13H20N2O2. The van der Waals surface area contributed by atoms with Crippen molar-refractivity contribution in [3.8, 4) is 5.75 Å². The largest absolute Gasteiger partial charge is 0.508 e. The van der Waals surface area contributed by atoms with E-state index in [-0.39, 0.29) is 11.7 Å². The maximum absolute atomic E-state index is 10.8. The van der Waals surface area contributed by atoms with Crippen LogP contribution < -0.4 is 5.73 Å². The highest BCUT2D eigenvalue weighted by Gasteiger charge is 2.12. The Kier molecular flexibility index (Phi) is 4.97. The van der Waals surface area contributed by atoms with Gasteiger partial charge in [-0.3, -0.25) is 9.69 Å². The van der Waals surface area contributed by atoms with Gasteiger partial charge in [0.1, 0.15) is 5.75 Å². The van der Waals surface area contributed by atoms with E-state index in [1.807, 2.05) is 12.1 Å². The highest BCUT2D eigenvalue weighted by molar-refractivity contribution is 5.73. The second-order valence-electron chi connectivity index (χ2n) is 4.41. The molecule has 1 aromatic rings. The number of carbonyl (C=O) groups is 1. The Morgan fingerprint density at radius 1 is 1.41 bits per heavy atom. The molecule has 0 aliphatic rings. The van der Waals surface area contributed by atoms with E-state index >= 15 is 0 Å². The summed E-state index contributed by atoms with van der Waals surface area (Å²) in [6.07, 6.45) is 0.339. The van der Waals surface area contributed by atoms with Gasteiger partial charge in [0.25, 0.3) is 0 Å². The van der Waals surface area contributed by atoms with Gasteiger partial charge in [0.05, 0.1) is 0 Å². The van der Waals surface area contributed by atoms with Gasteiger partial charge < -0.3 is 10.8 Å². The predicted molar refractivity (Wildman–Crippen MR) is 67.5 cm³/mol. The molecule has 0 radical (unpaired) electrons. The van der Waals surface area contributed by atoms with Crippen LogP contribution in [0.15, 0.2) is 24.3 Å². The normalized spacial score (nSPS) is 11.1. The number of rotatable bonds is 6. The lowest BCUT2D eigenvalue weighted by Gasteiger charge is -2.26. The average molecular weight is 236 g/mol. The first-order chi connectivity index (χ1) is 8.00. The first-order valence-corrected chi connectivity index (χ1v) is 5.80. The van der Waals surface area contributed by atoms with Crippen LogP contribution >= 0.6 is 0 Å². The molecule has 0 fully saturated rings. The molecule has 1 aromatic carbocycles. The molecule has 4 heteroatoms. The molecule has 3 N–H and O–H groups in total. The van der Waals surface area contributed by atoms with E-state index < -0.39 is 0 Å². The number of nitrogens with zero attached hydrogens (tertiary/aromatic N) is 1. The van der Waals surface area contributed by atoms with Crippen LogP contribution in [0.3, 0.4) is 0 Å². The molecule has 4 nitrogen and oxygen atoms in total. The van der Waals surface area contributed by atoms with E-state index in [0.29, 0.717) is 25.6 Å². The minimum Gasteiger partial charge on any atom is -0.508 e. The molecule has 0 atom stereocenters. The van der Waals surface area contributed by atoms with E-state index in [2.05, 4.69) is 18.7 Å². The maximum atomic E-state index is 10.8. The number of carbonyl (C=O) groups excluding carboxylic acids is 1. The quantitative estimate of drug-likeness (QED) is 0.786. The molecule has 1 rings (SSSR count). The van der Waals surface area contributed by atoms with Crippen molar-refractivity contribution >= 4 is 5.91 Å². The number of phenols is 1. The Balaban J connectivity index is 2.67. The SMILES string of the molecule is CC(C)N(CCC(N)=O)Cc1ccccc1O. The van der Waals surface area contributed by atoms with Gasteiger partial charge in [0.15, 0.2) is 0 Å². The van der Waals surface area contributed by atoms with Gasteiger partial charge in [-0.05, 0) is 19.9 Å². The summed E-state index contributed by atoms with van der Waals surface area (Å²) in [7, 11) is 0. The summed E-state index contributed by atoms with van der Waals surface area (Å²) in [4.78, 5) is 12.9. The first-order valence-electron chi connectivity index (χ1n) is 5.80. The van der Waals surface area contributed by atoms with Gasteiger partial charge in [-0.15, -0.1) is 0 Å². The fourth-order valence-corrected chi connectivity index (χ4v) is 1.64. The van der Waals surface area contributed by atoms with Crippen molar-refractivity contribution < 1.29 is 9.90 Å². The fourth-order valence-electron chi connectivity index (χ4n) is 1.64. The Morgan fingerprint density at radius 2 is 2.06 bits per heavy atom. The van der Waals surface area contributed by atoms with Crippen LogP contribution in [-0.4, -0.2) is 28.5 Å². The second kappa shape index (κ2) is 6.25. The topological polar surface area (TPSA) is 66.6 Å². The van der Waals surface area contributed by atoms with E-state index in [9.17, 15) is 9.90 Å². The number of nitrogens with two attached hydrogens (primary N) is 1. The fraction of sp³-hybridized carbons (Fsp3) is 0.462. The van der Waals surface area contributed by atoms with Crippen molar-refractivity contribution in [1.82, 2.24) is 4.90 Å². The molecule has 0 aliphatic heterocycles. The third kappa shape index (κ3) is 4.44. The average Bonchev–Trinajstić information content (AvgIpc) is 2.25. The lowest BCUT2D eigenvalue weighted by Crippen LogP contribution is -2.33. The van der Waals surface area contributed by atoms with E-state index in [1.54, 1.807) is 12.1 Å². The molecule has 0 aliphatic carbocycles. The molecule has 0 bridgehead atoms. The highest BCUT2D eigenvalue weighted by Crippen LogP contribution is 2.18. The smallest absolute Gasteiger partial charge is 0.218 e. The van der Waals surface area contributed by atoms with E-state index in [4.69, 9.17) is 5.73 Å². The van der Waals surface area contributed by atoms with Crippen molar-refractivity contribution in [2.75, 3.05) is 6.54 Å². The predicted octanol–water partition coefficient (Wildman–Crippen LogP) is 1.48. The standard InChI is InChI=1S/C13H20N2O2/c1-10(2)15(8-7-13(14)17)9-11-5-3-4-6-12(11)16/h3-6,10,16H,7-9H2,1-2H3,(H2,14,17). The van der Waals surface area contributed by atoms with Crippen molar-refractivity contribution in [3.63, 3.8) is 0 Å². The van der Waals surface area contributed by atoms with Crippen LogP contribution in [-0.2, 0) is 11.3 Å². The third-order valence-corrected chi connectivity index (χ3v) is 2.74. The number of primary amides is 1. The van der Waals surface area contributed by atoms with Crippen LogP contribution in [0.2, 0.25) is 0 Å². The zero-order chi connectivity index (χ0) is 12.8. The molecule has 0 saturated heterocycles. The zero-order valence-corrected chi connectivity index (χ0v) is 10.4. The molecule has 0 unspecified atom stereocenters. The van der Waals surface area contributed by atoms with Gasteiger partial charge in [-0.1, -0.05) is 18.2 Å². The van der Waals surface area contributed by atoms with Crippen LogP contribution in [0, 0.1) is 0 Å². The van der Waals surface area contributed by atoms with Gasteiger partial charge in [0.2, 0.25) is 5.91 Å². The number of hydrogen-bond donors (Lipinski definition) is 2. The molecule has 0 saturated carbocycles. The summed E-state index contributed by atoms with van der Waals surface area (Å²) in [5.41, 5.74) is 6.02. The summed E-state index contributed by atoms with van der Waals surface area (Å²) in [6.45, 7) is 5.35. The minimum absolute atomic E-state index is 0.289. The minimum atomic E-state index is -0.298. The molecule has 0 aromatic heterocycles. The number of hydrogen-bond acceptors (Lipinski definition) is 3. The van der Waals surface area contributed by atoms with Gasteiger partial charge in [0, 0.05) is 31.1 Å². The Labute approximate surface area is 102 Å². The summed E-state index contributed by atoms with van der Waals surface area (Å²) in [6, 6.07) is 7.54. The van der Waals surface area contributed by atoms with Gasteiger partial charge >= 0.3 is 0 Å². The summed E-state index contributed by atoms with van der Waals surface area (Å²) in [5.74, 6) is -0.00911. The highest BCUT2D eigenvalue weighted by atomic mass is 16.3. The van der Waals surface area contributed by atoms with E-state index in [0.717, 1.165) is 5.56 Å². The molecule has 0 heterocycles. The van der Waals surface area contributed by atoms with Crippen molar-refractivity contribution in [3.05, 3.63) is 29.8 Å². The summed E-state index contributed by atoms with van der Waals surface area (Å²) < 4.78 is 0. The van der Waals surface area contributed by atoms with Crippen LogP contribution in [0.25, 0.3) is 0 Å². The number of amides is 1. The molecular weight excluding hydrogens is 216 g/mol. The Morgan fingerprint density at radius 3 is 2.59 bits per heavy atom. The Hall–Kier alpha value is -1.55. The summed E-state index contributed by atoms with van der Waals surface area (Å²) in [5, 5.41) is 9.70. The number of phenolic OH excluding ortho intramolecular Hbond substituents is 1. The zero-order valence-electron chi connectivity index (χ0n) is 10.4. The third-order valence-electron chi connectivity index (χ3n) is 2.74.